The lowest BCUT2D eigenvalue weighted by Gasteiger charge is -2.13. The van der Waals surface area contributed by atoms with Gasteiger partial charge in [0.25, 0.3) is 0 Å². The van der Waals surface area contributed by atoms with Gasteiger partial charge in [-0.25, -0.2) is 23.4 Å². The highest BCUT2D eigenvalue weighted by Gasteiger charge is 2.30. The van der Waals surface area contributed by atoms with Crippen molar-refractivity contribution in [3.05, 3.63) is 73.1 Å². The van der Waals surface area contributed by atoms with Crippen molar-refractivity contribution >= 4 is 22.8 Å². The summed E-state index contributed by atoms with van der Waals surface area (Å²) in [4.78, 5) is 20.1. The Hall–Kier alpha value is -4.34. The van der Waals surface area contributed by atoms with Crippen LogP contribution in [0.5, 0.6) is 11.5 Å². The molecular weight excluding hydrogens is 454 g/mol. The number of benzene rings is 2. The number of nitrogens with zero attached hydrogens (tertiary/aromatic N) is 4. The second-order valence-electron chi connectivity index (χ2n) is 8.33. The van der Waals surface area contributed by atoms with Crippen LogP contribution in [0, 0.1) is 11.6 Å². The van der Waals surface area contributed by atoms with Crippen molar-refractivity contribution in [3.63, 3.8) is 0 Å². The van der Waals surface area contributed by atoms with Gasteiger partial charge in [-0.05, 0) is 49.6 Å². The summed E-state index contributed by atoms with van der Waals surface area (Å²) in [6.07, 6.45) is 4.75. The third-order valence-corrected chi connectivity index (χ3v) is 6.03. The number of fused-ring (bicyclic) bond motifs is 1. The minimum atomic E-state index is -0.587. The first kappa shape index (κ1) is 22.5. The van der Waals surface area contributed by atoms with Crippen molar-refractivity contribution in [2.45, 2.75) is 31.3 Å². The van der Waals surface area contributed by atoms with Crippen LogP contribution < -0.4 is 15.8 Å². The van der Waals surface area contributed by atoms with Gasteiger partial charge in [-0.2, -0.15) is 5.10 Å². The molecule has 1 saturated carbocycles. The molecule has 4 aromatic rings. The molecule has 2 heterocycles. The molecule has 1 aliphatic carbocycles. The quantitative estimate of drug-likeness (QED) is 0.386. The SMILES string of the molecule is C=CC(=O)N[C@H]1CC[C@@H](n2nc(-c3ccc(Oc4cccc(F)c4)cc3F)c3c(N)ncnc32)C1.[HH]. The average Bonchev–Trinajstić information content (AvgIpc) is 3.44. The Morgan fingerprint density at radius 2 is 2.03 bits per heavy atom. The number of nitrogens with two attached hydrogens (primary N) is 1. The fraction of sp³-hybridized carbons (Fsp3) is 0.200. The van der Waals surface area contributed by atoms with Gasteiger partial charge in [0.2, 0.25) is 5.91 Å². The van der Waals surface area contributed by atoms with Crippen molar-refractivity contribution in [2.75, 3.05) is 5.73 Å². The Kier molecular flexibility index (Phi) is 5.86. The van der Waals surface area contributed by atoms with Crippen LogP contribution in [0.15, 0.2) is 61.4 Å². The number of anilines is 1. The fourth-order valence-corrected chi connectivity index (χ4v) is 4.43. The number of nitrogen functional groups attached to an aromatic ring is 1. The second kappa shape index (κ2) is 9.13. The van der Waals surface area contributed by atoms with Crippen LogP contribution in [0.1, 0.15) is 26.7 Å². The number of carbonyl (C=O) groups excluding carboxylic acids is 1. The van der Waals surface area contributed by atoms with Crippen molar-refractivity contribution < 1.29 is 19.7 Å². The summed E-state index contributed by atoms with van der Waals surface area (Å²) in [7, 11) is 0. The largest absolute Gasteiger partial charge is 0.457 e. The number of hydrogen-bond acceptors (Lipinski definition) is 6. The highest BCUT2D eigenvalue weighted by Crippen LogP contribution is 2.38. The van der Waals surface area contributed by atoms with E-state index in [9.17, 15) is 9.18 Å². The van der Waals surface area contributed by atoms with E-state index >= 15 is 4.39 Å². The molecule has 0 radical (unpaired) electrons. The number of ether oxygens (including phenoxy) is 1. The van der Waals surface area contributed by atoms with E-state index in [0.29, 0.717) is 23.1 Å². The van der Waals surface area contributed by atoms with E-state index in [4.69, 9.17) is 15.6 Å². The predicted molar refractivity (Wildman–Crippen MR) is 129 cm³/mol. The van der Waals surface area contributed by atoms with Crippen LogP contribution in [0.3, 0.4) is 0 Å². The highest BCUT2D eigenvalue weighted by atomic mass is 19.1. The predicted octanol–water partition coefficient (Wildman–Crippen LogP) is 4.79. The standard InChI is InChI=1S/C25H22F2N6O2.H2/c1-2-21(34)31-15-6-7-16(11-15)33-25-22(24(28)29-13-30-25)23(32-33)19-9-8-18(12-20(19)27)35-17-5-3-4-14(26)10-17;/h2-5,8-10,12-13,15-16H,1,6-7,11H2,(H,31,34)(H2,28,29,30);1H/t15-,16+;/m0./s1. The van der Waals surface area contributed by atoms with Gasteiger partial charge in [0.05, 0.1) is 11.4 Å². The normalized spacial score (nSPS) is 17.4. The van der Waals surface area contributed by atoms with E-state index in [2.05, 4.69) is 21.9 Å². The molecule has 2 aromatic carbocycles. The van der Waals surface area contributed by atoms with Crippen molar-refractivity contribution in [1.82, 2.24) is 25.1 Å². The molecule has 1 aliphatic rings. The first-order valence-corrected chi connectivity index (χ1v) is 11.1. The number of aromatic nitrogens is 4. The van der Waals surface area contributed by atoms with E-state index in [1.807, 2.05) is 0 Å². The molecule has 0 unspecified atom stereocenters. The van der Waals surface area contributed by atoms with Crippen LogP contribution >= 0.6 is 0 Å². The summed E-state index contributed by atoms with van der Waals surface area (Å²) < 4.78 is 36.0. The number of rotatable bonds is 6. The van der Waals surface area contributed by atoms with Gasteiger partial charge in [0.1, 0.15) is 41.0 Å². The second-order valence-corrected chi connectivity index (χ2v) is 8.33. The summed E-state index contributed by atoms with van der Waals surface area (Å²) in [5.74, 6) is -0.618. The maximum absolute atomic E-state index is 15.3. The van der Waals surface area contributed by atoms with Gasteiger partial charge in [0, 0.05) is 25.2 Å². The Bertz CT molecular complexity index is 1440. The maximum Gasteiger partial charge on any atom is 0.243 e. The van der Waals surface area contributed by atoms with Crippen LogP contribution in [0.4, 0.5) is 14.6 Å². The smallest absolute Gasteiger partial charge is 0.243 e. The highest BCUT2D eigenvalue weighted by molar-refractivity contribution is 5.98. The molecule has 0 saturated heterocycles. The Balaban J connectivity index is 0.00000304. The van der Waals surface area contributed by atoms with E-state index in [-0.39, 0.29) is 42.3 Å². The van der Waals surface area contributed by atoms with Gasteiger partial charge < -0.3 is 15.8 Å². The summed E-state index contributed by atoms with van der Waals surface area (Å²) in [5.41, 5.74) is 7.17. The number of hydrogen-bond donors (Lipinski definition) is 2. The van der Waals surface area contributed by atoms with Crippen LogP contribution in [-0.2, 0) is 4.79 Å². The Labute approximate surface area is 200 Å². The molecular formula is C25H24F2N6O2. The topological polar surface area (TPSA) is 108 Å². The summed E-state index contributed by atoms with van der Waals surface area (Å²) in [5, 5.41) is 8.05. The van der Waals surface area contributed by atoms with Crippen molar-refractivity contribution in [1.29, 1.82) is 0 Å². The lowest BCUT2D eigenvalue weighted by Crippen LogP contribution is -2.31. The number of halogens is 2. The van der Waals surface area contributed by atoms with E-state index in [1.54, 1.807) is 16.8 Å². The van der Waals surface area contributed by atoms with E-state index < -0.39 is 11.6 Å². The minimum Gasteiger partial charge on any atom is -0.457 e. The molecule has 35 heavy (non-hydrogen) atoms. The third-order valence-electron chi connectivity index (χ3n) is 6.03. The van der Waals surface area contributed by atoms with Crippen LogP contribution in [0.25, 0.3) is 22.3 Å². The molecule has 1 amide bonds. The summed E-state index contributed by atoms with van der Waals surface area (Å²) >= 11 is 0. The van der Waals surface area contributed by atoms with E-state index in [0.717, 1.165) is 12.8 Å². The van der Waals surface area contributed by atoms with Gasteiger partial charge in [-0.15, -0.1) is 0 Å². The molecule has 0 spiro atoms. The fourth-order valence-electron chi connectivity index (χ4n) is 4.43. The van der Waals surface area contributed by atoms with E-state index in [1.165, 1.54) is 42.7 Å². The van der Waals surface area contributed by atoms with Crippen LogP contribution in [0.2, 0.25) is 0 Å². The zero-order valence-electron chi connectivity index (χ0n) is 18.6. The molecule has 3 N–H and O–H groups in total. The number of nitrogens with one attached hydrogen (secondary N) is 1. The Morgan fingerprint density at radius 3 is 2.80 bits per heavy atom. The molecule has 2 atom stereocenters. The number of carbonyl (C=O) groups is 1. The number of amides is 1. The van der Waals surface area contributed by atoms with Crippen molar-refractivity contribution in [2.24, 2.45) is 0 Å². The van der Waals surface area contributed by atoms with Crippen LogP contribution in [-0.4, -0.2) is 31.7 Å². The summed E-state index contributed by atoms with van der Waals surface area (Å²) in [6, 6.07) is 9.83. The maximum atomic E-state index is 15.3. The lowest BCUT2D eigenvalue weighted by atomic mass is 10.1. The molecule has 10 heteroatoms. The third kappa shape index (κ3) is 4.42. The summed E-state index contributed by atoms with van der Waals surface area (Å²) in [6.45, 7) is 3.49. The van der Waals surface area contributed by atoms with Gasteiger partial charge in [0.15, 0.2) is 5.65 Å². The minimum absolute atomic E-state index is 0. The van der Waals surface area contributed by atoms with Gasteiger partial charge in [-0.3, -0.25) is 4.79 Å². The first-order valence-electron chi connectivity index (χ1n) is 11.1. The molecule has 0 aliphatic heterocycles. The zero-order valence-corrected chi connectivity index (χ0v) is 18.6. The molecule has 8 nitrogen and oxygen atoms in total. The van der Waals surface area contributed by atoms with Crippen molar-refractivity contribution in [3.8, 4) is 22.8 Å². The first-order chi connectivity index (χ1) is 16.9. The average molecular weight is 479 g/mol. The van der Waals surface area contributed by atoms with Gasteiger partial charge in [-0.1, -0.05) is 12.6 Å². The molecule has 5 rings (SSSR count). The monoisotopic (exact) mass is 478 g/mol. The van der Waals surface area contributed by atoms with Gasteiger partial charge >= 0.3 is 0 Å². The molecule has 1 fully saturated rings. The Morgan fingerprint density at radius 1 is 1.20 bits per heavy atom. The zero-order chi connectivity index (χ0) is 24.5. The molecule has 0 bridgehead atoms. The molecule has 180 valence electrons. The lowest BCUT2D eigenvalue weighted by molar-refractivity contribution is -0.117. The molecule has 2 aromatic heterocycles.